The Kier molecular flexibility index (Phi) is 7.58. The highest BCUT2D eigenvalue weighted by atomic mass is 16.5. The molecule has 0 unspecified atom stereocenters. The number of aliphatic carboxylic acids is 1. The number of carboxylic acid groups (broad SMARTS) is 1. The minimum absolute atomic E-state index is 0.130. The van der Waals surface area contributed by atoms with Crippen LogP contribution < -0.4 is 9.64 Å². The van der Waals surface area contributed by atoms with Gasteiger partial charge in [0, 0.05) is 38.5 Å². The number of hydrogen-bond acceptors (Lipinski definition) is 7. The van der Waals surface area contributed by atoms with Crippen LogP contribution in [0.2, 0.25) is 0 Å². The zero-order valence-electron chi connectivity index (χ0n) is 25.8. The van der Waals surface area contributed by atoms with Crippen molar-refractivity contribution in [3.05, 3.63) is 88.1 Å². The largest absolute Gasteiger partial charge is 0.488 e. The topological polar surface area (TPSA) is 84.4 Å². The van der Waals surface area contributed by atoms with E-state index in [1.165, 1.54) is 27.8 Å². The maximum absolute atomic E-state index is 12.2. The Hall–Kier alpha value is -3.88. The van der Waals surface area contributed by atoms with E-state index in [1.54, 1.807) is 7.11 Å². The molecule has 1 aromatic heterocycles. The lowest BCUT2D eigenvalue weighted by Gasteiger charge is -2.31. The highest BCUT2D eigenvalue weighted by molar-refractivity contribution is 5.82. The lowest BCUT2D eigenvalue weighted by Crippen LogP contribution is -2.43. The van der Waals surface area contributed by atoms with Crippen LogP contribution in [0, 0.1) is 25.2 Å². The first-order valence-corrected chi connectivity index (χ1v) is 15.7. The third-order valence-corrected chi connectivity index (χ3v) is 10.0. The highest BCUT2D eigenvalue weighted by Crippen LogP contribution is 2.62. The van der Waals surface area contributed by atoms with Gasteiger partial charge in [-0.1, -0.05) is 30.3 Å². The molecular formula is C36H41N3O5. The van der Waals surface area contributed by atoms with Crippen molar-refractivity contribution in [1.29, 1.82) is 0 Å². The maximum Gasteiger partial charge on any atom is 0.312 e. The number of anilines is 1. The number of benzene rings is 2. The van der Waals surface area contributed by atoms with Gasteiger partial charge in [-0.15, -0.1) is 0 Å². The molecule has 1 saturated carbocycles. The number of fused-ring (bicyclic) bond motifs is 2. The SMILES string of the molecule is COC[C@H]1N(c2cccc(-c3cccc(C)c3OCc3cc(C)c4c(c3)CCN(/C=C3/CCOC3)C4)n2)C[C@@H]2C[C@@]21C(=O)O. The second kappa shape index (κ2) is 11.6. The van der Waals surface area contributed by atoms with Crippen LogP contribution in [0.4, 0.5) is 5.82 Å². The van der Waals surface area contributed by atoms with Crippen LogP contribution in [0.3, 0.4) is 0 Å². The molecule has 44 heavy (non-hydrogen) atoms. The minimum atomic E-state index is -0.737. The van der Waals surface area contributed by atoms with Crippen molar-refractivity contribution in [3.63, 3.8) is 0 Å². The molecule has 4 aliphatic rings. The van der Waals surface area contributed by atoms with E-state index in [1.807, 2.05) is 24.3 Å². The molecule has 4 heterocycles. The first-order valence-electron chi connectivity index (χ1n) is 15.7. The Morgan fingerprint density at radius 1 is 1.16 bits per heavy atom. The van der Waals surface area contributed by atoms with Gasteiger partial charge < -0.3 is 29.1 Å². The van der Waals surface area contributed by atoms with E-state index in [0.717, 1.165) is 67.5 Å². The lowest BCUT2D eigenvalue weighted by molar-refractivity contribution is -0.144. The molecule has 1 aliphatic carbocycles. The normalized spacial score (nSPS) is 24.8. The molecule has 3 fully saturated rings. The maximum atomic E-state index is 12.2. The van der Waals surface area contributed by atoms with Crippen molar-refractivity contribution in [2.75, 3.05) is 44.9 Å². The van der Waals surface area contributed by atoms with Gasteiger partial charge in [0.2, 0.25) is 0 Å². The molecule has 2 aromatic carbocycles. The number of carboxylic acids is 1. The first kappa shape index (κ1) is 28.9. The highest BCUT2D eigenvalue weighted by Gasteiger charge is 2.71. The summed E-state index contributed by atoms with van der Waals surface area (Å²) in [6.45, 7) is 9.34. The lowest BCUT2D eigenvalue weighted by atomic mass is 9.93. The number of carbonyl (C=O) groups is 1. The molecule has 0 radical (unpaired) electrons. The van der Waals surface area contributed by atoms with E-state index in [2.05, 4.69) is 54.1 Å². The predicted octanol–water partition coefficient (Wildman–Crippen LogP) is 5.53. The van der Waals surface area contributed by atoms with Gasteiger partial charge >= 0.3 is 5.97 Å². The monoisotopic (exact) mass is 595 g/mol. The molecule has 8 heteroatoms. The van der Waals surface area contributed by atoms with Crippen LogP contribution >= 0.6 is 0 Å². The summed E-state index contributed by atoms with van der Waals surface area (Å²) in [6.07, 6.45) is 5.07. The summed E-state index contributed by atoms with van der Waals surface area (Å²) in [5.41, 5.74) is 8.75. The number of aromatic nitrogens is 1. The molecule has 1 N–H and O–H groups in total. The van der Waals surface area contributed by atoms with Gasteiger partial charge in [-0.3, -0.25) is 4.79 Å². The zero-order chi connectivity index (χ0) is 30.4. The molecule has 230 valence electrons. The smallest absolute Gasteiger partial charge is 0.312 e. The predicted molar refractivity (Wildman–Crippen MR) is 169 cm³/mol. The second-order valence-corrected chi connectivity index (χ2v) is 12.9. The van der Waals surface area contributed by atoms with E-state index < -0.39 is 11.4 Å². The number of rotatable bonds is 9. The van der Waals surface area contributed by atoms with Crippen LogP contribution in [0.5, 0.6) is 5.75 Å². The zero-order valence-corrected chi connectivity index (χ0v) is 25.8. The van der Waals surface area contributed by atoms with E-state index in [0.29, 0.717) is 26.2 Å². The molecular weight excluding hydrogens is 554 g/mol. The van der Waals surface area contributed by atoms with Crippen molar-refractivity contribution in [3.8, 4) is 17.0 Å². The number of hydrogen-bond donors (Lipinski definition) is 1. The fourth-order valence-electron chi connectivity index (χ4n) is 7.61. The van der Waals surface area contributed by atoms with Gasteiger partial charge in [-0.25, -0.2) is 4.98 Å². The Labute approximate surface area is 259 Å². The van der Waals surface area contributed by atoms with Crippen LogP contribution in [-0.2, 0) is 33.8 Å². The van der Waals surface area contributed by atoms with Gasteiger partial charge in [0.15, 0.2) is 0 Å². The van der Waals surface area contributed by atoms with Crippen LogP contribution in [-0.4, -0.2) is 67.0 Å². The van der Waals surface area contributed by atoms with Crippen molar-refractivity contribution >= 4 is 11.8 Å². The second-order valence-electron chi connectivity index (χ2n) is 12.9. The quantitative estimate of drug-likeness (QED) is 0.346. The summed E-state index contributed by atoms with van der Waals surface area (Å²) in [5, 5.41) is 10.0. The number of piperidine rings is 1. The van der Waals surface area contributed by atoms with E-state index in [9.17, 15) is 9.90 Å². The van der Waals surface area contributed by atoms with Crippen molar-refractivity contribution in [2.24, 2.45) is 11.3 Å². The first-order chi connectivity index (χ1) is 21.4. The van der Waals surface area contributed by atoms with Crippen molar-refractivity contribution < 1.29 is 24.1 Å². The molecule has 2 saturated heterocycles. The fraction of sp³-hybridized carbons (Fsp3) is 0.444. The third kappa shape index (κ3) is 5.14. The summed E-state index contributed by atoms with van der Waals surface area (Å²) in [4.78, 5) is 21.8. The number of methoxy groups -OCH3 is 1. The fourth-order valence-corrected chi connectivity index (χ4v) is 7.61. The summed E-state index contributed by atoms with van der Waals surface area (Å²) >= 11 is 0. The molecule has 3 aromatic rings. The standard InChI is InChI=1S/C36H41N3O5/c1-23-6-4-7-29(31-8-5-9-33(37-31)39-18-28-16-36(28,35(40)41)32(39)22-42-3)34(23)44-21-26-14-24(2)30-19-38(12-10-27(30)15-26)17-25-11-13-43-20-25/h4-9,14-15,17,28,32H,10-13,16,18-22H2,1-3H3,(H,40,41)/b25-17-/t28-,32+,36+/m0/s1. The molecule has 8 nitrogen and oxygen atoms in total. The Balaban J connectivity index is 1.11. The van der Waals surface area contributed by atoms with Crippen LogP contribution in [0.15, 0.2) is 60.3 Å². The van der Waals surface area contributed by atoms with Gasteiger partial charge in [0.05, 0.1) is 37.0 Å². The number of nitrogens with zero attached hydrogens (tertiary/aromatic N) is 3. The number of ether oxygens (including phenoxy) is 3. The van der Waals surface area contributed by atoms with Gasteiger partial charge in [-0.2, -0.15) is 0 Å². The summed E-state index contributed by atoms with van der Waals surface area (Å²) < 4.78 is 17.6. The van der Waals surface area contributed by atoms with E-state index in [-0.39, 0.29) is 12.0 Å². The van der Waals surface area contributed by atoms with Gasteiger partial charge in [0.1, 0.15) is 18.2 Å². The molecule has 3 atom stereocenters. The number of aryl methyl sites for hydroxylation is 2. The summed E-state index contributed by atoms with van der Waals surface area (Å²) in [7, 11) is 1.63. The Morgan fingerprint density at radius 3 is 2.82 bits per heavy atom. The van der Waals surface area contributed by atoms with Crippen LogP contribution in [0.25, 0.3) is 11.3 Å². The van der Waals surface area contributed by atoms with Gasteiger partial charge in [0.25, 0.3) is 0 Å². The molecule has 7 rings (SSSR count). The van der Waals surface area contributed by atoms with Crippen molar-refractivity contribution in [2.45, 2.75) is 52.3 Å². The molecule has 0 bridgehead atoms. The van der Waals surface area contributed by atoms with Crippen LogP contribution in [0.1, 0.15) is 40.7 Å². The van der Waals surface area contributed by atoms with Gasteiger partial charge in [-0.05, 0) is 90.6 Å². The summed E-state index contributed by atoms with van der Waals surface area (Å²) in [6, 6.07) is 16.5. The number of pyridine rings is 1. The number of para-hydroxylation sites is 1. The van der Waals surface area contributed by atoms with E-state index in [4.69, 9.17) is 19.2 Å². The average molecular weight is 596 g/mol. The Bertz CT molecular complexity index is 1610. The minimum Gasteiger partial charge on any atom is -0.488 e. The molecule has 0 spiro atoms. The van der Waals surface area contributed by atoms with E-state index >= 15 is 0 Å². The van der Waals surface area contributed by atoms with Crippen molar-refractivity contribution in [1.82, 2.24) is 9.88 Å². The average Bonchev–Trinajstić information content (AvgIpc) is 3.34. The molecule has 3 aliphatic heterocycles. The third-order valence-electron chi connectivity index (χ3n) is 10.0. The molecule has 0 amide bonds. The Morgan fingerprint density at radius 2 is 2.02 bits per heavy atom. The summed E-state index contributed by atoms with van der Waals surface area (Å²) in [5.74, 6) is 0.999.